The molecule has 0 aromatic carbocycles. The van der Waals surface area contributed by atoms with Crippen molar-refractivity contribution >= 4 is 29.1 Å². The number of hydrogen-bond donors (Lipinski definition) is 0. The van der Waals surface area contributed by atoms with E-state index in [1.165, 1.54) is 17.0 Å². The van der Waals surface area contributed by atoms with Crippen molar-refractivity contribution in [1.82, 2.24) is 9.88 Å². The molecule has 1 aromatic heterocycles. The first kappa shape index (κ1) is 15.4. The Morgan fingerprint density at radius 3 is 2.40 bits per heavy atom. The molecule has 1 aliphatic heterocycles. The first-order valence-corrected chi connectivity index (χ1v) is 6.72. The molecular formula is C12H11Cl2F3N2O. The summed E-state index contributed by atoms with van der Waals surface area (Å²) in [4.78, 5) is 17.3. The summed E-state index contributed by atoms with van der Waals surface area (Å²) in [5.41, 5.74) is -0.0235. The number of amides is 1. The molecule has 1 aromatic rings. The molecule has 0 bridgehead atoms. The lowest BCUT2D eigenvalue weighted by atomic mass is 9.96. The molecule has 3 nitrogen and oxygen atoms in total. The topological polar surface area (TPSA) is 33.2 Å². The largest absolute Gasteiger partial charge is 0.391 e. The molecule has 0 spiro atoms. The van der Waals surface area contributed by atoms with E-state index in [4.69, 9.17) is 23.2 Å². The molecule has 1 amide bonds. The Kier molecular flexibility index (Phi) is 4.44. The number of carbonyl (C=O) groups is 1. The summed E-state index contributed by atoms with van der Waals surface area (Å²) in [7, 11) is 0. The van der Waals surface area contributed by atoms with Crippen LogP contribution in [0.4, 0.5) is 13.2 Å². The first-order valence-electron chi connectivity index (χ1n) is 5.97. The third kappa shape index (κ3) is 3.35. The van der Waals surface area contributed by atoms with Gasteiger partial charge >= 0.3 is 6.18 Å². The second-order valence-corrected chi connectivity index (χ2v) is 5.37. The van der Waals surface area contributed by atoms with Gasteiger partial charge in [0.1, 0.15) is 10.8 Å². The Morgan fingerprint density at radius 1 is 1.25 bits per heavy atom. The number of rotatable bonds is 1. The van der Waals surface area contributed by atoms with E-state index in [-0.39, 0.29) is 41.8 Å². The summed E-state index contributed by atoms with van der Waals surface area (Å²) in [5, 5.41) is 0.250. The van der Waals surface area contributed by atoms with Crippen LogP contribution >= 0.6 is 23.2 Å². The molecule has 1 saturated heterocycles. The maximum Gasteiger partial charge on any atom is 0.391 e. The average molecular weight is 327 g/mol. The van der Waals surface area contributed by atoms with E-state index in [1.807, 2.05) is 0 Å². The molecule has 1 aliphatic rings. The maximum absolute atomic E-state index is 12.6. The van der Waals surface area contributed by atoms with Gasteiger partial charge in [0.05, 0.1) is 10.9 Å². The summed E-state index contributed by atoms with van der Waals surface area (Å²) < 4.78 is 37.7. The molecule has 20 heavy (non-hydrogen) atoms. The van der Waals surface area contributed by atoms with Crippen molar-refractivity contribution in [3.8, 4) is 0 Å². The minimum absolute atomic E-state index is 0.0235. The van der Waals surface area contributed by atoms with Gasteiger partial charge in [0.25, 0.3) is 5.91 Å². The van der Waals surface area contributed by atoms with Gasteiger partial charge in [-0.3, -0.25) is 4.79 Å². The number of nitrogens with zero attached hydrogens (tertiary/aromatic N) is 2. The molecule has 0 saturated carbocycles. The average Bonchev–Trinajstić information content (AvgIpc) is 2.40. The van der Waals surface area contributed by atoms with Crippen molar-refractivity contribution in [2.45, 2.75) is 19.0 Å². The third-order valence-corrected chi connectivity index (χ3v) is 3.78. The van der Waals surface area contributed by atoms with E-state index in [0.717, 1.165) is 0 Å². The Labute approximate surface area is 123 Å². The minimum atomic E-state index is -4.21. The number of pyridine rings is 1. The SMILES string of the molecule is O=C(c1nc(Cl)ccc1Cl)N1CCC(C(F)(F)F)CC1. The van der Waals surface area contributed by atoms with Crippen LogP contribution in [0.2, 0.25) is 10.2 Å². The fourth-order valence-corrected chi connectivity index (χ4v) is 2.46. The van der Waals surface area contributed by atoms with Crippen LogP contribution in [0.3, 0.4) is 0 Å². The Morgan fingerprint density at radius 2 is 1.85 bits per heavy atom. The van der Waals surface area contributed by atoms with E-state index in [9.17, 15) is 18.0 Å². The van der Waals surface area contributed by atoms with Crippen molar-refractivity contribution in [1.29, 1.82) is 0 Å². The van der Waals surface area contributed by atoms with Crippen molar-refractivity contribution in [3.05, 3.63) is 28.0 Å². The fraction of sp³-hybridized carbons (Fsp3) is 0.500. The maximum atomic E-state index is 12.6. The lowest BCUT2D eigenvalue weighted by Gasteiger charge is -2.32. The van der Waals surface area contributed by atoms with Gasteiger partial charge in [-0.2, -0.15) is 13.2 Å². The van der Waals surface area contributed by atoms with Crippen molar-refractivity contribution in [3.63, 3.8) is 0 Å². The molecular weight excluding hydrogens is 316 g/mol. The van der Waals surface area contributed by atoms with Crippen LogP contribution in [0.25, 0.3) is 0 Å². The van der Waals surface area contributed by atoms with Gasteiger partial charge in [0, 0.05) is 13.1 Å². The van der Waals surface area contributed by atoms with Crippen molar-refractivity contribution in [2.75, 3.05) is 13.1 Å². The highest BCUT2D eigenvalue weighted by molar-refractivity contribution is 6.34. The van der Waals surface area contributed by atoms with Crippen LogP contribution < -0.4 is 0 Å². The number of carbonyl (C=O) groups excluding carboxylic acids is 1. The predicted molar refractivity (Wildman–Crippen MR) is 68.9 cm³/mol. The standard InChI is InChI=1S/C12H11Cl2F3N2O/c13-8-1-2-9(14)18-10(8)11(20)19-5-3-7(4-6-19)12(15,16)17/h1-2,7H,3-6H2. The molecule has 0 unspecified atom stereocenters. The van der Waals surface area contributed by atoms with Gasteiger partial charge in [-0.25, -0.2) is 4.98 Å². The summed E-state index contributed by atoms with van der Waals surface area (Å²) in [6.07, 6.45) is -4.41. The summed E-state index contributed by atoms with van der Waals surface area (Å²) in [6.45, 7) is 0.0705. The Hall–Kier alpha value is -1.01. The van der Waals surface area contributed by atoms with Crippen LogP contribution in [0, 0.1) is 5.92 Å². The predicted octanol–water partition coefficient (Wildman–Crippen LogP) is 3.80. The normalized spacial score (nSPS) is 17.4. The molecule has 0 aliphatic carbocycles. The molecule has 1 fully saturated rings. The number of alkyl halides is 3. The zero-order valence-electron chi connectivity index (χ0n) is 10.3. The quantitative estimate of drug-likeness (QED) is 0.735. The lowest BCUT2D eigenvalue weighted by molar-refractivity contribution is -0.183. The summed E-state index contributed by atoms with van der Waals surface area (Å²) in [6, 6.07) is 2.88. The van der Waals surface area contributed by atoms with E-state index < -0.39 is 18.0 Å². The Bertz CT molecular complexity index is 514. The van der Waals surface area contributed by atoms with Crippen molar-refractivity contribution in [2.24, 2.45) is 5.92 Å². The van der Waals surface area contributed by atoms with Crippen LogP contribution in [0.5, 0.6) is 0 Å². The lowest BCUT2D eigenvalue weighted by Crippen LogP contribution is -2.42. The number of hydrogen-bond acceptors (Lipinski definition) is 2. The van der Waals surface area contributed by atoms with Crippen molar-refractivity contribution < 1.29 is 18.0 Å². The highest BCUT2D eigenvalue weighted by Crippen LogP contribution is 2.34. The summed E-state index contributed by atoms with van der Waals surface area (Å²) in [5.74, 6) is -1.84. The summed E-state index contributed by atoms with van der Waals surface area (Å²) >= 11 is 11.6. The van der Waals surface area contributed by atoms with Crippen LogP contribution in [-0.2, 0) is 0 Å². The van der Waals surface area contributed by atoms with Gasteiger partial charge < -0.3 is 4.90 Å². The van der Waals surface area contributed by atoms with Crippen LogP contribution in [0.15, 0.2) is 12.1 Å². The van der Waals surface area contributed by atoms with Gasteiger partial charge in [0.15, 0.2) is 0 Å². The third-order valence-electron chi connectivity index (χ3n) is 3.26. The highest BCUT2D eigenvalue weighted by atomic mass is 35.5. The smallest absolute Gasteiger partial charge is 0.337 e. The van der Waals surface area contributed by atoms with E-state index >= 15 is 0 Å². The number of piperidine rings is 1. The zero-order valence-corrected chi connectivity index (χ0v) is 11.8. The second kappa shape index (κ2) is 5.77. The highest BCUT2D eigenvalue weighted by Gasteiger charge is 2.42. The molecule has 0 N–H and O–H groups in total. The zero-order chi connectivity index (χ0) is 14.9. The number of likely N-dealkylation sites (tertiary alicyclic amines) is 1. The first-order chi connectivity index (χ1) is 9.29. The molecule has 0 atom stereocenters. The molecule has 0 radical (unpaired) electrons. The molecule has 2 heterocycles. The minimum Gasteiger partial charge on any atom is -0.337 e. The van der Waals surface area contributed by atoms with Gasteiger partial charge in [-0.15, -0.1) is 0 Å². The van der Waals surface area contributed by atoms with E-state index in [0.29, 0.717) is 0 Å². The van der Waals surface area contributed by atoms with Gasteiger partial charge in [-0.1, -0.05) is 23.2 Å². The molecule has 2 rings (SSSR count). The fourth-order valence-electron chi connectivity index (χ4n) is 2.13. The van der Waals surface area contributed by atoms with Crippen LogP contribution in [-0.4, -0.2) is 35.1 Å². The number of aromatic nitrogens is 1. The molecule has 110 valence electrons. The monoisotopic (exact) mass is 326 g/mol. The second-order valence-electron chi connectivity index (χ2n) is 4.57. The van der Waals surface area contributed by atoms with Crippen LogP contribution in [0.1, 0.15) is 23.3 Å². The van der Waals surface area contributed by atoms with Gasteiger partial charge in [0.2, 0.25) is 0 Å². The number of halogens is 5. The van der Waals surface area contributed by atoms with Gasteiger partial charge in [-0.05, 0) is 25.0 Å². The Balaban J connectivity index is 2.07. The van der Waals surface area contributed by atoms with E-state index in [2.05, 4.69) is 4.98 Å². The van der Waals surface area contributed by atoms with E-state index in [1.54, 1.807) is 0 Å². The molecule has 8 heteroatoms.